The van der Waals surface area contributed by atoms with Crippen LogP contribution in [0.1, 0.15) is 25.1 Å². The topological polar surface area (TPSA) is 92.3 Å². The lowest BCUT2D eigenvalue weighted by atomic mass is 10.3. The van der Waals surface area contributed by atoms with Crippen LogP contribution in [0.25, 0.3) is 0 Å². The molecule has 0 aromatic carbocycles. The van der Waals surface area contributed by atoms with Crippen LogP contribution in [0.3, 0.4) is 0 Å². The van der Waals surface area contributed by atoms with Gasteiger partial charge in [-0.05, 0) is 12.5 Å². The van der Waals surface area contributed by atoms with Gasteiger partial charge in [0.05, 0.1) is 16.4 Å². The second-order valence-corrected chi connectivity index (χ2v) is 10.4. The van der Waals surface area contributed by atoms with E-state index in [1.54, 1.807) is 11.4 Å². The van der Waals surface area contributed by atoms with Crippen molar-refractivity contribution in [3.63, 3.8) is 0 Å². The normalized spacial score (nSPS) is 22.0. The van der Waals surface area contributed by atoms with Crippen LogP contribution < -0.4 is 10.0 Å². The van der Waals surface area contributed by atoms with Crippen molar-refractivity contribution in [2.45, 2.75) is 43.8 Å². The Kier molecular flexibility index (Phi) is 5.09. The zero-order chi connectivity index (χ0) is 15.7. The van der Waals surface area contributed by atoms with Crippen LogP contribution in [0, 0.1) is 0 Å². The van der Waals surface area contributed by atoms with E-state index in [9.17, 15) is 16.8 Å². The summed E-state index contributed by atoms with van der Waals surface area (Å²) in [6.07, 6.45) is 0.341. The number of hydrogen-bond donors (Lipinski definition) is 2. The molecule has 0 aliphatic carbocycles. The maximum absolute atomic E-state index is 12.2. The van der Waals surface area contributed by atoms with E-state index < -0.39 is 25.9 Å². The molecule has 0 amide bonds. The van der Waals surface area contributed by atoms with E-state index in [2.05, 4.69) is 10.0 Å². The fraction of sp³-hybridized carbons (Fsp3) is 0.667. The van der Waals surface area contributed by atoms with Crippen LogP contribution >= 0.6 is 11.3 Å². The Balaban J connectivity index is 2.03. The van der Waals surface area contributed by atoms with Gasteiger partial charge in [-0.25, -0.2) is 21.6 Å². The van der Waals surface area contributed by atoms with Crippen LogP contribution in [0.4, 0.5) is 0 Å². The van der Waals surface area contributed by atoms with Gasteiger partial charge in [0.15, 0.2) is 9.84 Å². The fourth-order valence-corrected chi connectivity index (χ4v) is 6.35. The second kappa shape index (κ2) is 6.33. The lowest BCUT2D eigenvalue weighted by Crippen LogP contribution is -2.35. The Bertz CT molecular complexity index is 692. The molecule has 1 aromatic rings. The smallest absolute Gasteiger partial charge is 0.241 e. The monoisotopic (exact) mass is 352 g/mol. The van der Waals surface area contributed by atoms with Crippen molar-refractivity contribution in [2.24, 2.45) is 0 Å². The molecule has 1 saturated heterocycles. The van der Waals surface area contributed by atoms with Gasteiger partial charge in [-0.3, -0.25) is 0 Å². The predicted octanol–water partition coefficient (Wildman–Crippen LogP) is 0.712. The minimum Gasteiger partial charge on any atom is -0.310 e. The number of nitrogens with one attached hydrogen (secondary N) is 2. The number of rotatable bonds is 6. The molecule has 120 valence electrons. The van der Waals surface area contributed by atoms with E-state index in [4.69, 9.17) is 0 Å². The fourth-order valence-electron chi connectivity index (χ4n) is 2.07. The van der Waals surface area contributed by atoms with E-state index in [0.717, 1.165) is 4.88 Å². The summed E-state index contributed by atoms with van der Waals surface area (Å²) in [5, 5.41) is 4.81. The van der Waals surface area contributed by atoms with Crippen molar-refractivity contribution in [3.8, 4) is 0 Å². The average molecular weight is 353 g/mol. The standard InChI is InChI=1S/C12H20N2O4S3/c1-9(2)13-6-11-5-12(7-19-11)21(17,18)14-10-3-4-20(15,16)8-10/h5,7,9-10,13-14H,3-4,6,8H2,1-2H3. The van der Waals surface area contributed by atoms with Crippen molar-refractivity contribution < 1.29 is 16.8 Å². The third-order valence-electron chi connectivity index (χ3n) is 3.18. The van der Waals surface area contributed by atoms with Crippen molar-refractivity contribution in [2.75, 3.05) is 11.5 Å². The van der Waals surface area contributed by atoms with E-state index >= 15 is 0 Å². The summed E-state index contributed by atoms with van der Waals surface area (Å²) in [6, 6.07) is 1.44. The summed E-state index contributed by atoms with van der Waals surface area (Å²) in [6.45, 7) is 4.66. The molecule has 1 unspecified atom stereocenters. The number of thiophene rings is 1. The van der Waals surface area contributed by atoms with Crippen LogP contribution in [-0.2, 0) is 26.4 Å². The average Bonchev–Trinajstić information content (AvgIpc) is 2.93. The van der Waals surface area contributed by atoms with Crippen LogP contribution in [-0.4, -0.2) is 40.4 Å². The summed E-state index contributed by atoms with van der Waals surface area (Å²) in [5.41, 5.74) is 0. The van der Waals surface area contributed by atoms with Crippen LogP contribution in [0.15, 0.2) is 16.3 Å². The Morgan fingerprint density at radius 1 is 1.43 bits per heavy atom. The predicted molar refractivity (Wildman–Crippen MR) is 83.7 cm³/mol. The summed E-state index contributed by atoms with van der Waals surface area (Å²) >= 11 is 1.38. The van der Waals surface area contributed by atoms with Gasteiger partial charge < -0.3 is 5.32 Å². The molecule has 0 spiro atoms. The molecule has 1 fully saturated rings. The summed E-state index contributed by atoms with van der Waals surface area (Å²) in [7, 11) is -6.74. The Hall–Kier alpha value is -0.480. The van der Waals surface area contributed by atoms with E-state index in [1.165, 1.54) is 11.3 Å². The Morgan fingerprint density at radius 3 is 2.71 bits per heavy atom. The maximum atomic E-state index is 12.2. The second-order valence-electron chi connectivity index (χ2n) is 5.51. The van der Waals surface area contributed by atoms with Gasteiger partial charge in [-0.1, -0.05) is 13.8 Å². The van der Waals surface area contributed by atoms with E-state index in [1.807, 2.05) is 13.8 Å². The Morgan fingerprint density at radius 2 is 2.14 bits per heavy atom. The molecular formula is C12H20N2O4S3. The molecule has 0 radical (unpaired) electrons. The zero-order valence-corrected chi connectivity index (χ0v) is 14.4. The highest BCUT2D eigenvalue weighted by Gasteiger charge is 2.31. The van der Waals surface area contributed by atoms with Crippen molar-refractivity contribution in [1.82, 2.24) is 10.0 Å². The summed E-state index contributed by atoms with van der Waals surface area (Å²) in [5.74, 6) is -0.0640. The van der Waals surface area contributed by atoms with Crippen molar-refractivity contribution in [3.05, 3.63) is 16.3 Å². The minimum absolute atomic E-state index is 0.0490. The molecule has 2 rings (SSSR count). The molecule has 2 heterocycles. The lowest BCUT2D eigenvalue weighted by Gasteiger charge is -2.10. The van der Waals surface area contributed by atoms with Crippen molar-refractivity contribution >= 4 is 31.2 Å². The first-order valence-corrected chi connectivity index (χ1v) is 10.9. The van der Waals surface area contributed by atoms with E-state index in [0.29, 0.717) is 19.0 Å². The SMILES string of the molecule is CC(C)NCc1cc(S(=O)(=O)NC2CCS(=O)(=O)C2)cs1. The highest BCUT2D eigenvalue weighted by molar-refractivity contribution is 7.92. The third-order valence-corrected chi connectivity index (χ3v) is 7.53. The molecule has 2 N–H and O–H groups in total. The lowest BCUT2D eigenvalue weighted by molar-refractivity contribution is 0.562. The van der Waals surface area contributed by atoms with Crippen LogP contribution in [0.5, 0.6) is 0 Å². The zero-order valence-electron chi connectivity index (χ0n) is 12.0. The number of hydrogen-bond acceptors (Lipinski definition) is 6. The maximum Gasteiger partial charge on any atom is 0.241 e. The first-order chi connectivity index (χ1) is 9.68. The van der Waals surface area contributed by atoms with Crippen LogP contribution in [0.2, 0.25) is 0 Å². The molecule has 21 heavy (non-hydrogen) atoms. The highest BCUT2D eigenvalue weighted by Crippen LogP contribution is 2.21. The molecular weight excluding hydrogens is 332 g/mol. The Labute approximate surface area is 129 Å². The molecule has 1 aliphatic rings. The number of sulfonamides is 1. The van der Waals surface area contributed by atoms with Gasteiger partial charge in [0.25, 0.3) is 0 Å². The highest BCUT2D eigenvalue weighted by atomic mass is 32.2. The molecule has 1 aliphatic heterocycles. The van der Waals surface area contributed by atoms with Gasteiger partial charge in [0.1, 0.15) is 0 Å². The van der Waals surface area contributed by atoms with Crippen molar-refractivity contribution in [1.29, 1.82) is 0 Å². The molecule has 1 atom stereocenters. The first kappa shape index (κ1) is 16.9. The van der Waals surface area contributed by atoms with Gasteiger partial charge in [-0.15, -0.1) is 11.3 Å². The summed E-state index contributed by atoms with van der Waals surface area (Å²) in [4.78, 5) is 1.14. The molecule has 0 bridgehead atoms. The molecule has 1 aromatic heterocycles. The minimum atomic E-state index is -3.64. The quantitative estimate of drug-likeness (QED) is 0.787. The largest absolute Gasteiger partial charge is 0.310 e. The van der Waals surface area contributed by atoms with E-state index in [-0.39, 0.29) is 16.4 Å². The van der Waals surface area contributed by atoms with Gasteiger partial charge in [-0.2, -0.15) is 0 Å². The van der Waals surface area contributed by atoms with Gasteiger partial charge in [0.2, 0.25) is 10.0 Å². The van der Waals surface area contributed by atoms with Gasteiger partial charge >= 0.3 is 0 Å². The summed E-state index contributed by atoms with van der Waals surface area (Å²) < 4.78 is 49.7. The molecule has 9 heteroatoms. The van der Waals surface area contributed by atoms with Gasteiger partial charge in [0, 0.05) is 28.9 Å². The first-order valence-electron chi connectivity index (χ1n) is 6.71. The third kappa shape index (κ3) is 4.75. The number of sulfone groups is 1. The molecule has 6 nitrogen and oxygen atoms in total. The molecule has 0 saturated carbocycles.